The van der Waals surface area contributed by atoms with Gasteiger partial charge in [0.2, 0.25) is 0 Å². The van der Waals surface area contributed by atoms with E-state index in [0.29, 0.717) is 6.42 Å². The maximum atomic E-state index is 10.9. The molecule has 0 fully saturated rings. The van der Waals surface area contributed by atoms with Crippen molar-refractivity contribution in [1.29, 1.82) is 0 Å². The van der Waals surface area contributed by atoms with Crippen LogP contribution in [0, 0.1) is 0 Å². The molecule has 0 aromatic heterocycles. The second-order valence-corrected chi connectivity index (χ2v) is 2.41. The first-order chi connectivity index (χ1) is 5.57. The van der Waals surface area contributed by atoms with Gasteiger partial charge in [-0.2, -0.15) is 0 Å². The number of aliphatic hydroxyl groups is 1. The van der Waals surface area contributed by atoms with Crippen LogP contribution in [0.2, 0.25) is 0 Å². The predicted octanol–water partition coefficient (Wildman–Crippen LogP) is 0.357. The molecule has 4 nitrogen and oxygen atoms in total. The molecule has 12 heavy (non-hydrogen) atoms. The number of carbonyl (C=O) groups excluding carboxylic acids is 1. The van der Waals surface area contributed by atoms with E-state index >= 15 is 0 Å². The lowest BCUT2D eigenvalue weighted by Crippen LogP contribution is -2.23. The van der Waals surface area contributed by atoms with E-state index in [4.69, 9.17) is 10.2 Å². The van der Waals surface area contributed by atoms with E-state index in [1.54, 1.807) is 6.08 Å². The van der Waals surface area contributed by atoms with E-state index in [2.05, 4.69) is 6.58 Å². The Bertz CT molecular complexity index is 185. The Morgan fingerprint density at radius 3 is 2.50 bits per heavy atom. The number of ketones is 1. The Balaban J connectivity index is 3.76. The summed E-state index contributed by atoms with van der Waals surface area (Å²) in [5, 5.41) is 17.2. The summed E-state index contributed by atoms with van der Waals surface area (Å²) in [7, 11) is 0. The highest BCUT2D eigenvalue weighted by molar-refractivity contribution is 5.86. The van der Waals surface area contributed by atoms with Crippen molar-refractivity contribution in [2.75, 3.05) is 0 Å². The summed E-state index contributed by atoms with van der Waals surface area (Å²) in [6.45, 7) is 3.40. The minimum atomic E-state index is -1.37. The fraction of sp³-hybridized carbons (Fsp3) is 0.500. The fourth-order valence-electron chi connectivity index (χ4n) is 0.690. The molecule has 0 saturated heterocycles. The molecule has 4 heteroatoms. The minimum absolute atomic E-state index is 0.151. The molecular formula is C8H12O4. The second kappa shape index (κ2) is 5.49. The quantitative estimate of drug-likeness (QED) is 0.567. The third-order valence-corrected chi connectivity index (χ3v) is 1.33. The van der Waals surface area contributed by atoms with Crippen molar-refractivity contribution in [3.63, 3.8) is 0 Å². The number of rotatable bonds is 6. The van der Waals surface area contributed by atoms with Crippen molar-refractivity contribution in [2.45, 2.75) is 25.4 Å². The molecule has 0 aliphatic heterocycles. The monoisotopic (exact) mass is 172 g/mol. The lowest BCUT2D eigenvalue weighted by molar-refractivity contribution is -0.143. The van der Waals surface area contributed by atoms with Crippen molar-refractivity contribution in [2.24, 2.45) is 0 Å². The lowest BCUT2D eigenvalue weighted by atomic mass is 10.1. The summed E-state index contributed by atoms with van der Waals surface area (Å²) in [6.07, 6.45) is 0.275. The number of carboxylic acids is 1. The van der Waals surface area contributed by atoms with E-state index in [1.165, 1.54) is 0 Å². The number of allylic oxidation sites excluding steroid dienone is 1. The van der Waals surface area contributed by atoms with Crippen molar-refractivity contribution in [3.8, 4) is 0 Å². The van der Waals surface area contributed by atoms with E-state index in [0.717, 1.165) is 0 Å². The zero-order valence-corrected chi connectivity index (χ0v) is 6.69. The van der Waals surface area contributed by atoms with Crippen LogP contribution in [0.4, 0.5) is 0 Å². The van der Waals surface area contributed by atoms with Crippen LogP contribution in [0.1, 0.15) is 19.3 Å². The number of carbonyl (C=O) groups is 2. The standard InChI is InChI=1S/C8H12O4/c1-2-3-4-6(9)7(10)5-8(11)12/h2,7,10H,1,3-5H2,(H,11,12)/t7-/m0/s1. The molecule has 0 amide bonds. The molecule has 0 rings (SSSR count). The van der Waals surface area contributed by atoms with Gasteiger partial charge in [-0.05, 0) is 6.42 Å². The Labute approximate surface area is 70.5 Å². The van der Waals surface area contributed by atoms with Crippen LogP contribution < -0.4 is 0 Å². The highest BCUT2D eigenvalue weighted by Gasteiger charge is 2.16. The molecule has 0 spiro atoms. The molecule has 0 radical (unpaired) electrons. The molecule has 0 aromatic carbocycles. The number of Topliss-reactive ketones (excluding diaryl/α,β-unsaturated/α-hetero) is 1. The van der Waals surface area contributed by atoms with Crippen LogP contribution in [0.25, 0.3) is 0 Å². The summed E-state index contributed by atoms with van der Waals surface area (Å²) in [5.41, 5.74) is 0. The first-order valence-electron chi connectivity index (χ1n) is 3.61. The molecule has 2 N–H and O–H groups in total. The Kier molecular flexibility index (Phi) is 4.96. The molecule has 0 aliphatic rings. The van der Waals surface area contributed by atoms with Crippen LogP contribution in [-0.4, -0.2) is 28.1 Å². The zero-order chi connectivity index (χ0) is 9.56. The second-order valence-electron chi connectivity index (χ2n) is 2.41. The summed E-state index contributed by atoms with van der Waals surface area (Å²) in [6, 6.07) is 0. The number of aliphatic carboxylic acids is 1. The Hall–Kier alpha value is -1.16. The predicted molar refractivity (Wildman–Crippen MR) is 42.7 cm³/mol. The highest BCUT2D eigenvalue weighted by Crippen LogP contribution is 2.00. The van der Waals surface area contributed by atoms with E-state index in [1.807, 2.05) is 0 Å². The van der Waals surface area contributed by atoms with Gasteiger partial charge < -0.3 is 10.2 Å². The highest BCUT2D eigenvalue weighted by atomic mass is 16.4. The van der Waals surface area contributed by atoms with Gasteiger partial charge in [0.15, 0.2) is 5.78 Å². The van der Waals surface area contributed by atoms with Gasteiger partial charge in [0.05, 0.1) is 6.42 Å². The van der Waals surface area contributed by atoms with Gasteiger partial charge >= 0.3 is 5.97 Å². The third kappa shape index (κ3) is 4.62. The molecule has 0 aromatic rings. The summed E-state index contributed by atoms with van der Waals surface area (Å²) >= 11 is 0. The molecule has 0 saturated carbocycles. The van der Waals surface area contributed by atoms with Crippen molar-refractivity contribution in [3.05, 3.63) is 12.7 Å². The van der Waals surface area contributed by atoms with Crippen molar-refractivity contribution < 1.29 is 19.8 Å². The number of aliphatic hydroxyl groups excluding tert-OH is 1. The van der Waals surface area contributed by atoms with Gasteiger partial charge in [-0.3, -0.25) is 9.59 Å². The molecule has 0 bridgehead atoms. The fourth-order valence-corrected chi connectivity index (χ4v) is 0.690. The van der Waals surface area contributed by atoms with E-state index in [9.17, 15) is 9.59 Å². The van der Waals surface area contributed by atoms with Gasteiger partial charge in [-0.15, -0.1) is 6.58 Å². The summed E-state index contributed by atoms with van der Waals surface area (Å²) in [5.74, 6) is -1.62. The third-order valence-electron chi connectivity index (χ3n) is 1.33. The number of carboxylic acid groups (broad SMARTS) is 1. The normalized spacial score (nSPS) is 12.1. The molecule has 0 unspecified atom stereocenters. The van der Waals surface area contributed by atoms with Crippen molar-refractivity contribution >= 4 is 11.8 Å². The van der Waals surface area contributed by atoms with E-state index < -0.39 is 24.3 Å². The first-order valence-corrected chi connectivity index (χ1v) is 3.61. The number of hydrogen-bond acceptors (Lipinski definition) is 3. The molecule has 1 atom stereocenters. The smallest absolute Gasteiger partial charge is 0.306 e. The first kappa shape index (κ1) is 10.8. The van der Waals surface area contributed by atoms with Gasteiger partial charge in [0.25, 0.3) is 0 Å². The molecule has 0 heterocycles. The topological polar surface area (TPSA) is 74.6 Å². The van der Waals surface area contributed by atoms with Gasteiger partial charge in [0.1, 0.15) is 6.10 Å². The van der Waals surface area contributed by atoms with Gasteiger partial charge in [0, 0.05) is 6.42 Å². The summed E-state index contributed by atoms with van der Waals surface area (Å²) < 4.78 is 0. The average molecular weight is 172 g/mol. The molecule has 0 aliphatic carbocycles. The molecular weight excluding hydrogens is 160 g/mol. The Morgan fingerprint density at radius 1 is 1.50 bits per heavy atom. The minimum Gasteiger partial charge on any atom is -0.481 e. The van der Waals surface area contributed by atoms with Crippen molar-refractivity contribution in [1.82, 2.24) is 0 Å². The van der Waals surface area contributed by atoms with Gasteiger partial charge in [-0.25, -0.2) is 0 Å². The largest absolute Gasteiger partial charge is 0.481 e. The molecule has 68 valence electrons. The number of hydrogen-bond donors (Lipinski definition) is 2. The van der Waals surface area contributed by atoms with Crippen LogP contribution in [-0.2, 0) is 9.59 Å². The zero-order valence-electron chi connectivity index (χ0n) is 6.69. The average Bonchev–Trinajstić information content (AvgIpc) is 1.98. The van der Waals surface area contributed by atoms with Crippen LogP contribution >= 0.6 is 0 Å². The van der Waals surface area contributed by atoms with Crippen LogP contribution in [0.5, 0.6) is 0 Å². The SMILES string of the molecule is C=CCCC(=O)[C@@H](O)CC(=O)O. The van der Waals surface area contributed by atoms with Crippen LogP contribution in [0.3, 0.4) is 0 Å². The van der Waals surface area contributed by atoms with E-state index in [-0.39, 0.29) is 6.42 Å². The summed E-state index contributed by atoms with van der Waals surface area (Å²) in [4.78, 5) is 20.9. The Morgan fingerprint density at radius 2 is 2.08 bits per heavy atom. The maximum Gasteiger partial charge on any atom is 0.306 e. The maximum absolute atomic E-state index is 10.9. The van der Waals surface area contributed by atoms with Crippen LogP contribution in [0.15, 0.2) is 12.7 Å². The van der Waals surface area contributed by atoms with Gasteiger partial charge in [-0.1, -0.05) is 6.08 Å². The lowest BCUT2D eigenvalue weighted by Gasteiger charge is -2.04.